The molecule has 1 saturated carbocycles. The van der Waals surface area contributed by atoms with Crippen LogP contribution in [-0.2, 0) is 34.2 Å². The number of amides is 2. The number of nitrogens with zero attached hydrogens (tertiary/aromatic N) is 1. The first-order valence-electron chi connectivity index (χ1n) is 8.35. The fourth-order valence-corrected chi connectivity index (χ4v) is 3.38. The predicted molar refractivity (Wildman–Crippen MR) is 94.8 cm³/mol. The molecule has 0 aromatic heterocycles. The molecule has 0 unspecified atom stereocenters. The lowest BCUT2D eigenvalue weighted by Crippen LogP contribution is -2.60. The number of imide groups is 1. The van der Waals surface area contributed by atoms with Crippen molar-refractivity contribution in [3.05, 3.63) is 34.3 Å². The Kier molecular flexibility index (Phi) is 6.52. The topological polar surface area (TPSA) is 90.0 Å². The van der Waals surface area contributed by atoms with E-state index in [0.717, 1.165) is 10.9 Å². The number of benzene rings is 1. The molecule has 1 fully saturated rings. The van der Waals surface area contributed by atoms with Gasteiger partial charge in [-0.25, -0.2) is 9.59 Å². The number of halogens is 1. The van der Waals surface area contributed by atoms with Crippen LogP contribution >= 0.6 is 15.9 Å². The molecule has 0 N–H and O–H groups in total. The van der Waals surface area contributed by atoms with Crippen LogP contribution in [0.25, 0.3) is 0 Å². The van der Waals surface area contributed by atoms with E-state index in [1.165, 1.54) is 0 Å². The van der Waals surface area contributed by atoms with Crippen molar-refractivity contribution in [2.75, 3.05) is 13.2 Å². The molecule has 26 heavy (non-hydrogen) atoms. The van der Waals surface area contributed by atoms with Crippen molar-refractivity contribution >= 4 is 39.7 Å². The molecule has 2 amide bonds. The third kappa shape index (κ3) is 3.80. The standard InChI is InChI=1S/C18H20BrNO6/c1-3-25-16(23)14(21)20(15(22)17(24)26-4-2)18(9-6-10-18)12-7-5-8-13(19)11-12/h5,7-8,11H,3-4,6,9-10H2,1-2H3. The second-order valence-electron chi connectivity index (χ2n) is 5.78. The monoisotopic (exact) mass is 425 g/mol. The zero-order chi connectivity index (χ0) is 19.3. The smallest absolute Gasteiger partial charge is 0.397 e. The fraction of sp³-hybridized carbons (Fsp3) is 0.444. The van der Waals surface area contributed by atoms with Gasteiger partial charge in [-0.2, -0.15) is 0 Å². The van der Waals surface area contributed by atoms with E-state index in [0.29, 0.717) is 23.3 Å². The zero-order valence-corrected chi connectivity index (χ0v) is 16.2. The van der Waals surface area contributed by atoms with E-state index < -0.39 is 29.3 Å². The Bertz CT molecular complexity index is 698. The van der Waals surface area contributed by atoms with Crippen LogP contribution in [0.5, 0.6) is 0 Å². The maximum atomic E-state index is 12.7. The summed E-state index contributed by atoms with van der Waals surface area (Å²) in [5, 5.41) is 0. The summed E-state index contributed by atoms with van der Waals surface area (Å²) in [4.78, 5) is 50.2. The first-order chi connectivity index (χ1) is 12.4. The number of rotatable bonds is 4. The van der Waals surface area contributed by atoms with Gasteiger partial charge >= 0.3 is 23.8 Å². The Balaban J connectivity index is 2.50. The Morgan fingerprint density at radius 2 is 1.58 bits per heavy atom. The second-order valence-corrected chi connectivity index (χ2v) is 6.70. The number of hydrogen-bond acceptors (Lipinski definition) is 6. The molecule has 7 nitrogen and oxygen atoms in total. The molecule has 1 aromatic carbocycles. The van der Waals surface area contributed by atoms with E-state index in [1.54, 1.807) is 38.1 Å². The van der Waals surface area contributed by atoms with Crippen molar-refractivity contribution in [2.45, 2.75) is 38.6 Å². The number of esters is 2. The molecule has 0 radical (unpaired) electrons. The van der Waals surface area contributed by atoms with Crippen molar-refractivity contribution < 1.29 is 28.7 Å². The van der Waals surface area contributed by atoms with Gasteiger partial charge in [0.2, 0.25) is 0 Å². The minimum Gasteiger partial charge on any atom is -0.459 e. The van der Waals surface area contributed by atoms with Crippen LogP contribution in [0.1, 0.15) is 38.7 Å². The van der Waals surface area contributed by atoms with E-state index in [-0.39, 0.29) is 13.2 Å². The third-order valence-corrected chi connectivity index (χ3v) is 4.77. The van der Waals surface area contributed by atoms with Gasteiger partial charge in [-0.05, 0) is 50.8 Å². The molecule has 0 aliphatic heterocycles. The van der Waals surface area contributed by atoms with Gasteiger partial charge in [0.15, 0.2) is 0 Å². The Morgan fingerprint density at radius 3 is 1.96 bits per heavy atom. The molecule has 1 aliphatic rings. The minimum atomic E-state index is -1.17. The zero-order valence-electron chi connectivity index (χ0n) is 14.6. The largest absolute Gasteiger partial charge is 0.459 e. The number of hydrogen-bond donors (Lipinski definition) is 0. The molecule has 0 saturated heterocycles. The van der Waals surface area contributed by atoms with Crippen molar-refractivity contribution in [1.29, 1.82) is 0 Å². The number of carbonyl (C=O) groups excluding carboxylic acids is 4. The van der Waals surface area contributed by atoms with Crippen molar-refractivity contribution in [2.24, 2.45) is 0 Å². The first kappa shape index (κ1) is 20.1. The van der Waals surface area contributed by atoms with E-state index >= 15 is 0 Å². The van der Waals surface area contributed by atoms with Gasteiger partial charge in [0.1, 0.15) is 0 Å². The summed E-state index contributed by atoms with van der Waals surface area (Å²) in [6.07, 6.45) is 1.63. The Hall–Kier alpha value is -2.22. The van der Waals surface area contributed by atoms with E-state index in [1.807, 2.05) is 0 Å². The maximum absolute atomic E-state index is 12.7. The average Bonchev–Trinajstić information content (AvgIpc) is 2.57. The van der Waals surface area contributed by atoms with Crippen molar-refractivity contribution in [1.82, 2.24) is 4.90 Å². The van der Waals surface area contributed by atoms with Crippen molar-refractivity contribution in [3.63, 3.8) is 0 Å². The minimum absolute atomic E-state index is 0.0180. The molecule has 140 valence electrons. The fourth-order valence-electron chi connectivity index (χ4n) is 2.98. The van der Waals surface area contributed by atoms with E-state index in [9.17, 15) is 19.2 Å². The van der Waals surface area contributed by atoms with Crippen LogP contribution in [0.15, 0.2) is 28.7 Å². The summed E-state index contributed by atoms with van der Waals surface area (Å²) < 4.78 is 10.3. The third-order valence-electron chi connectivity index (χ3n) is 4.28. The highest BCUT2D eigenvalue weighted by Gasteiger charge is 2.53. The van der Waals surface area contributed by atoms with Gasteiger partial charge in [-0.1, -0.05) is 28.1 Å². The molecular weight excluding hydrogens is 406 g/mol. The molecule has 8 heteroatoms. The lowest BCUT2D eigenvalue weighted by atomic mass is 9.70. The molecule has 0 heterocycles. The normalized spacial score (nSPS) is 14.7. The summed E-state index contributed by atoms with van der Waals surface area (Å²) in [7, 11) is 0. The van der Waals surface area contributed by atoms with E-state index in [4.69, 9.17) is 9.47 Å². The summed E-state index contributed by atoms with van der Waals surface area (Å²) >= 11 is 3.37. The maximum Gasteiger partial charge on any atom is 0.397 e. The summed E-state index contributed by atoms with van der Waals surface area (Å²) in [6.45, 7) is 3.07. The Morgan fingerprint density at radius 1 is 1.04 bits per heavy atom. The molecule has 1 aromatic rings. The van der Waals surface area contributed by atoms with E-state index in [2.05, 4.69) is 15.9 Å². The molecule has 0 bridgehead atoms. The van der Waals surface area contributed by atoms with Crippen LogP contribution in [0, 0.1) is 0 Å². The lowest BCUT2D eigenvalue weighted by molar-refractivity contribution is -0.177. The van der Waals surface area contributed by atoms with Gasteiger partial charge in [0, 0.05) is 4.47 Å². The highest BCUT2D eigenvalue weighted by atomic mass is 79.9. The molecular formula is C18H20BrNO6. The van der Waals surface area contributed by atoms with Gasteiger partial charge in [-0.15, -0.1) is 0 Å². The molecule has 1 aliphatic carbocycles. The predicted octanol–water partition coefficient (Wildman–Crippen LogP) is 2.31. The molecule has 0 spiro atoms. The van der Waals surface area contributed by atoms with Crippen molar-refractivity contribution in [3.8, 4) is 0 Å². The summed E-state index contributed by atoms with van der Waals surface area (Å²) in [5.41, 5.74) is -0.411. The summed E-state index contributed by atoms with van der Waals surface area (Å²) in [5.74, 6) is -4.67. The number of carbonyl (C=O) groups is 4. The number of ether oxygens (including phenoxy) is 2. The summed E-state index contributed by atoms with van der Waals surface area (Å²) in [6, 6.07) is 7.10. The van der Waals surface area contributed by atoms with Crippen LogP contribution < -0.4 is 0 Å². The lowest BCUT2D eigenvalue weighted by Gasteiger charge is -2.48. The van der Waals surface area contributed by atoms with Crippen LogP contribution in [-0.4, -0.2) is 41.9 Å². The molecule has 0 atom stereocenters. The average molecular weight is 426 g/mol. The highest BCUT2D eigenvalue weighted by molar-refractivity contribution is 9.10. The van der Waals surface area contributed by atoms with Gasteiger partial charge in [0.05, 0.1) is 18.8 Å². The van der Waals surface area contributed by atoms with Crippen LogP contribution in [0.3, 0.4) is 0 Å². The first-order valence-corrected chi connectivity index (χ1v) is 9.15. The Labute approximate surface area is 159 Å². The van der Waals surface area contributed by atoms with Crippen LogP contribution in [0.2, 0.25) is 0 Å². The second kappa shape index (κ2) is 8.44. The van der Waals surface area contributed by atoms with Gasteiger partial charge in [0.25, 0.3) is 0 Å². The quantitative estimate of drug-likeness (QED) is 0.542. The van der Waals surface area contributed by atoms with Gasteiger partial charge in [-0.3, -0.25) is 14.5 Å². The SMILES string of the molecule is CCOC(=O)C(=O)N(C(=O)C(=O)OCC)C1(c2cccc(Br)c2)CCC1. The highest BCUT2D eigenvalue weighted by Crippen LogP contribution is 2.47. The molecule has 2 rings (SSSR count). The van der Waals surface area contributed by atoms with Gasteiger partial charge < -0.3 is 9.47 Å². The van der Waals surface area contributed by atoms with Crippen LogP contribution in [0.4, 0.5) is 0 Å².